The van der Waals surface area contributed by atoms with Gasteiger partial charge in [-0.2, -0.15) is 0 Å². The maximum absolute atomic E-state index is 11.5. The molecule has 1 aliphatic rings. The van der Waals surface area contributed by atoms with Crippen molar-refractivity contribution < 1.29 is 4.79 Å². The second-order valence-corrected chi connectivity index (χ2v) is 5.58. The number of nitrogens with zero attached hydrogens (tertiary/aromatic N) is 1. The van der Waals surface area contributed by atoms with E-state index in [1.165, 1.54) is 19.5 Å². The Kier molecular flexibility index (Phi) is 7.28. The predicted molar refractivity (Wildman–Crippen MR) is 75.6 cm³/mol. The van der Waals surface area contributed by atoms with Crippen molar-refractivity contribution in [2.24, 2.45) is 5.92 Å². The minimum atomic E-state index is 0.127. The fourth-order valence-corrected chi connectivity index (χ4v) is 2.36. The number of hydrogen-bond donors (Lipinski definition) is 2. The molecule has 18 heavy (non-hydrogen) atoms. The SMILES string of the molecule is CCCCNC(=O)CNCC1CCN(C(C)C)C1. The summed E-state index contributed by atoms with van der Waals surface area (Å²) < 4.78 is 0. The van der Waals surface area contributed by atoms with E-state index < -0.39 is 0 Å². The van der Waals surface area contributed by atoms with E-state index in [1.807, 2.05) is 0 Å². The molecule has 0 bridgehead atoms. The minimum absolute atomic E-state index is 0.127. The van der Waals surface area contributed by atoms with Gasteiger partial charge in [0.05, 0.1) is 6.54 Å². The molecule has 106 valence electrons. The van der Waals surface area contributed by atoms with Crippen molar-refractivity contribution in [2.75, 3.05) is 32.7 Å². The number of amides is 1. The average molecular weight is 255 g/mol. The molecule has 0 aromatic heterocycles. The molecule has 0 spiro atoms. The lowest BCUT2D eigenvalue weighted by Gasteiger charge is -2.20. The van der Waals surface area contributed by atoms with Crippen LogP contribution in [0.1, 0.15) is 40.0 Å². The van der Waals surface area contributed by atoms with Crippen LogP contribution < -0.4 is 10.6 Å². The van der Waals surface area contributed by atoms with E-state index in [0.717, 1.165) is 25.9 Å². The molecule has 0 aliphatic carbocycles. The van der Waals surface area contributed by atoms with Gasteiger partial charge < -0.3 is 15.5 Å². The first-order valence-electron chi connectivity index (χ1n) is 7.35. The molecule has 1 saturated heterocycles. The van der Waals surface area contributed by atoms with Crippen LogP contribution in [-0.2, 0) is 4.79 Å². The molecule has 2 N–H and O–H groups in total. The number of hydrogen-bond acceptors (Lipinski definition) is 3. The van der Waals surface area contributed by atoms with Gasteiger partial charge in [-0.25, -0.2) is 0 Å². The summed E-state index contributed by atoms with van der Waals surface area (Å²) in [6, 6.07) is 0.646. The molecule has 0 radical (unpaired) electrons. The summed E-state index contributed by atoms with van der Waals surface area (Å²) in [6.45, 7) is 11.2. The molecule has 1 rings (SSSR count). The molecular formula is C14H29N3O. The van der Waals surface area contributed by atoms with Gasteiger partial charge in [0.25, 0.3) is 0 Å². The predicted octanol–water partition coefficient (Wildman–Crippen LogP) is 1.22. The molecule has 1 heterocycles. The monoisotopic (exact) mass is 255 g/mol. The topological polar surface area (TPSA) is 44.4 Å². The van der Waals surface area contributed by atoms with Crippen molar-refractivity contribution in [3.63, 3.8) is 0 Å². The summed E-state index contributed by atoms with van der Waals surface area (Å²) in [7, 11) is 0. The van der Waals surface area contributed by atoms with Crippen LogP contribution in [0.5, 0.6) is 0 Å². The first-order chi connectivity index (χ1) is 8.63. The van der Waals surface area contributed by atoms with Crippen molar-refractivity contribution in [2.45, 2.75) is 46.1 Å². The summed E-state index contributed by atoms with van der Waals surface area (Å²) in [6.07, 6.45) is 3.45. The van der Waals surface area contributed by atoms with E-state index in [1.54, 1.807) is 0 Å². The number of likely N-dealkylation sites (tertiary alicyclic amines) is 1. The number of unbranched alkanes of at least 4 members (excludes halogenated alkanes) is 1. The number of nitrogens with one attached hydrogen (secondary N) is 2. The Labute approximate surface area is 111 Å². The summed E-state index contributed by atoms with van der Waals surface area (Å²) in [5.41, 5.74) is 0. The van der Waals surface area contributed by atoms with Gasteiger partial charge in [-0.05, 0) is 45.7 Å². The quantitative estimate of drug-likeness (QED) is 0.641. The second kappa shape index (κ2) is 8.48. The molecule has 0 saturated carbocycles. The third kappa shape index (κ3) is 5.83. The van der Waals surface area contributed by atoms with Crippen LogP contribution in [0.2, 0.25) is 0 Å². The lowest BCUT2D eigenvalue weighted by atomic mass is 10.1. The molecule has 1 fully saturated rings. The fourth-order valence-electron chi connectivity index (χ4n) is 2.36. The second-order valence-electron chi connectivity index (χ2n) is 5.58. The standard InChI is InChI=1S/C14H29N3O/c1-4-5-7-16-14(18)10-15-9-13-6-8-17(11-13)12(2)3/h12-13,15H,4-11H2,1-3H3,(H,16,18). The summed E-state index contributed by atoms with van der Waals surface area (Å²) in [4.78, 5) is 14.0. The Bertz CT molecular complexity index is 243. The van der Waals surface area contributed by atoms with Gasteiger partial charge in [0.1, 0.15) is 0 Å². The van der Waals surface area contributed by atoms with Crippen molar-refractivity contribution in [1.82, 2.24) is 15.5 Å². The molecular weight excluding hydrogens is 226 g/mol. The maximum atomic E-state index is 11.5. The van der Waals surface area contributed by atoms with Crippen LogP contribution in [0.25, 0.3) is 0 Å². The van der Waals surface area contributed by atoms with E-state index in [4.69, 9.17) is 0 Å². The Hall–Kier alpha value is -0.610. The first kappa shape index (κ1) is 15.4. The Balaban J connectivity index is 2.03. The summed E-state index contributed by atoms with van der Waals surface area (Å²) in [5.74, 6) is 0.831. The van der Waals surface area contributed by atoms with E-state index >= 15 is 0 Å². The van der Waals surface area contributed by atoms with Crippen molar-refractivity contribution in [1.29, 1.82) is 0 Å². The van der Waals surface area contributed by atoms with Gasteiger partial charge in [-0.1, -0.05) is 13.3 Å². The highest BCUT2D eigenvalue weighted by molar-refractivity contribution is 5.77. The molecule has 4 nitrogen and oxygen atoms in total. The molecule has 4 heteroatoms. The zero-order valence-electron chi connectivity index (χ0n) is 12.2. The van der Waals surface area contributed by atoms with Crippen molar-refractivity contribution >= 4 is 5.91 Å². The Morgan fingerprint density at radius 1 is 1.44 bits per heavy atom. The van der Waals surface area contributed by atoms with E-state index in [9.17, 15) is 4.79 Å². The number of rotatable bonds is 8. The largest absolute Gasteiger partial charge is 0.355 e. The highest BCUT2D eigenvalue weighted by Crippen LogP contribution is 2.17. The van der Waals surface area contributed by atoms with E-state index in [2.05, 4.69) is 36.3 Å². The minimum Gasteiger partial charge on any atom is -0.355 e. The Morgan fingerprint density at radius 3 is 2.83 bits per heavy atom. The Morgan fingerprint density at radius 2 is 2.22 bits per heavy atom. The highest BCUT2D eigenvalue weighted by Gasteiger charge is 2.23. The van der Waals surface area contributed by atoms with Gasteiger partial charge in [0.15, 0.2) is 0 Å². The number of carbonyl (C=O) groups is 1. The zero-order valence-corrected chi connectivity index (χ0v) is 12.2. The molecule has 1 atom stereocenters. The summed E-state index contributed by atoms with van der Waals surface area (Å²) in [5, 5.41) is 6.20. The zero-order chi connectivity index (χ0) is 13.4. The van der Waals surface area contributed by atoms with Gasteiger partial charge in [-0.15, -0.1) is 0 Å². The van der Waals surface area contributed by atoms with E-state index in [0.29, 0.717) is 18.5 Å². The van der Waals surface area contributed by atoms with Crippen LogP contribution in [0.3, 0.4) is 0 Å². The lowest BCUT2D eigenvalue weighted by Crippen LogP contribution is -2.37. The van der Waals surface area contributed by atoms with Gasteiger partial charge in [-0.3, -0.25) is 4.79 Å². The van der Waals surface area contributed by atoms with Crippen LogP contribution in [0.4, 0.5) is 0 Å². The normalized spacial score (nSPS) is 20.6. The third-order valence-electron chi connectivity index (χ3n) is 3.62. The van der Waals surface area contributed by atoms with Crippen LogP contribution in [0.15, 0.2) is 0 Å². The van der Waals surface area contributed by atoms with Gasteiger partial charge >= 0.3 is 0 Å². The number of carbonyl (C=O) groups excluding carboxylic acids is 1. The van der Waals surface area contributed by atoms with E-state index in [-0.39, 0.29) is 5.91 Å². The van der Waals surface area contributed by atoms with Gasteiger partial charge in [0.2, 0.25) is 5.91 Å². The maximum Gasteiger partial charge on any atom is 0.233 e. The third-order valence-corrected chi connectivity index (χ3v) is 3.62. The molecule has 0 aromatic carbocycles. The molecule has 1 unspecified atom stereocenters. The van der Waals surface area contributed by atoms with Gasteiger partial charge in [0, 0.05) is 19.1 Å². The average Bonchev–Trinajstić information content (AvgIpc) is 2.78. The lowest BCUT2D eigenvalue weighted by molar-refractivity contribution is -0.120. The van der Waals surface area contributed by atoms with Crippen LogP contribution in [0, 0.1) is 5.92 Å². The first-order valence-corrected chi connectivity index (χ1v) is 7.35. The highest BCUT2D eigenvalue weighted by atomic mass is 16.1. The van der Waals surface area contributed by atoms with Crippen molar-refractivity contribution in [3.05, 3.63) is 0 Å². The van der Waals surface area contributed by atoms with Crippen LogP contribution in [-0.4, -0.2) is 49.6 Å². The molecule has 0 aromatic rings. The van der Waals surface area contributed by atoms with Crippen molar-refractivity contribution in [3.8, 4) is 0 Å². The van der Waals surface area contributed by atoms with Crippen LogP contribution >= 0.6 is 0 Å². The summed E-state index contributed by atoms with van der Waals surface area (Å²) >= 11 is 0. The molecule has 1 aliphatic heterocycles. The smallest absolute Gasteiger partial charge is 0.233 e. The molecule has 1 amide bonds. The fraction of sp³-hybridized carbons (Fsp3) is 0.929.